The number of carboxylic acid groups (broad SMARTS) is 1. The molecule has 1 aromatic carbocycles. The van der Waals surface area contributed by atoms with Gasteiger partial charge in [0.1, 0.15) is 5.82 Å². The van der Waals surface area contributed by atoms with Crippen molar-refractivity contribution in [3.8, 4) is 11.1 Å². The van der Waals surface area contributed by atoms with Crippen molar-refractivity contribution >= 4 is 11.9 Å². The highest BCUT2D eigenvalue weighted by Crippen LogP contribution is 2.23. The molecule has 1 aromatic heterocycles. The topological polar surface area (TPSA) is 56.7 Å². The van der Waals surface area contributed by atoms with Gasteiger partial charge < -0.3 is 14.9 Å². The minimum absolute atomic E-state index is 0.520. The molecule has 5 heteroatoms. The molecule has 3 rings (SSSR count). The first kappa shape index (κ1) is 13.4. The highest BCUT2D eigenvalue weighted by molar-refractivity contribution is 5.67. The molecule has 0 aliphatic carbocycles. The molecule has 2 aromatic rings. The second kappa shape index (κ2) is 5.83. The molecule has 0 spiro atoms. The summed E-state index contributed by atoms with van der Waals surface area (Å²) in [6.07, 6.45) is 0.960. The minimum Gasteiger partial charge on any atom is -0.465 e. The van der Waals surface area contributed by atoms with Gasteiger partial charge in [0.2, 0.25) is 0 Å². The lowest BCUT2D eigenvalue weighted by molar-refractivity contribution is 0.142. The van der Waals surface area contributed by atoms with Crippen LogP contribution < -0.4 is 4.90 Å². The number of amides is 1. The van der Waals surface area contributed by atoms with Gasteiger partial charge in [0, 0.05) is 32.4 Å². The zero-order valence-corrected chi connectivity index (χ0v) is 11.6. The fourth-order valence-electron chi connectivity index (χ4n) is 2.53. The highest BCUT2D eigenvalue weighted by Gasteiger charge is 2.21. The van der Waals surface area contributed by atoms with Crippen molar-refractivity contribution in [3.05, 3.63) is 48.7 Å². The van der Waals surface area contributed by atoms with Crippen LogP contribution in [0.4, 0.5) is 10.6 Å². The molecule has 21 heavy (non-hydrogen) atoms. The van der Waals surface area contributed by atoms with Gasteiger partial charge in [-0.2, -0.15) is 0 Å². The van der Waals surface area contributed by atoms with Gasteiger partial charge in [0.25, 0.3) is 0 Å². The van der Waals surface area contributed by atoms with Crippen LogP contribution in [-0.4, -0.2) is 47.3 Å². The Bertz CT molecular complexity index is 622. The molecule has 0 bridgehead atoms. The van der Waals surface area contributed by atoms with Crippen LogP contribution in [0.5, 0.6) is 0 Å². The van der Waals surface area contributed by atoms with E-state index in [9.17, 15) is 4.79 Å². The number of hydrogen-bond donors (Lipinski definition) is 1. The summed E-state index contributed by atoms with van der Waals surface area (Å²) in [5.41, 5.74) is 2.28. The monoisotopic (exact) mass is 283 g/mol. The molecule has 0 saturated carbocycles. The predicted octanol–water partition coefficient (Wildman–Crippen LogP) is 2.55. The van der Waals surface area contributed by atoms with E-state index in [0.29, 0.717) is 26.2 Å². The Morgan fingerprint density at radius 3 is 2.38 bits per heavy atom. The fourth-order valence-corrected chi connectivity index (χ4v) is 2.53. The van der Waals surface area contributed by atoms with Crippen molar-refractivity contribution in [1.29, 1.82) is 0 Å². The fraction of sp³-hybridized carbons (Fsp3) is 0.250. The molecule has 108 valence electrons. The normalized spacial score (nSPS) is 15.0. The molecular formula is C16H17N3O2. The molecule has 0 unspecified atom stereocenters. The number of benzene rings is 1. The Kier molecular flexibility index (Phi) is 3.73. The van der Waals surface area contributed by atoms with Crippen molar-refractivity contribution in [2.75, 3.05) is 31.1 Å². The Balaban J connectivity index is 1.77. The number of nitrogens with zero attached hydrogens (tertiary/aromatic N) is 3. The molecule has 1 amide bonds. The summed E-state index contributed by atoms with van der Waals surface area (Å²) < 4.78 is 0. The van der Waals surface area contributed by atoms with Gasteiger partial charge in [-0.05, 0) is 23.3 Å². The number of rotatable bonds is 2. The number of hydrogen-bond acceptors (Lipinski definition) is 3. The lowest BCUT2D eigenvalue weighted by Crippen LogP contribution is -2.48. The summed E-state index contributed by atoms with van der Waals surface area (Å²) in [4.78, 5) is 18.9. The van der Waals surface area contributed by atoms with Crippen LogP contribution in [0.2, 0.25) is 0 Å². The van der Waals surface area contributed by atoms with E-state index in [1.54, 1.807) is 6.20 Å². The summed E-state index contributed by atoms with van der Waals surface area (Å²) in [6, 6.07) is 14.2. The van der Waals surface area contributed by atoms with E-state index < -0.39 is 6.09 Å². The van der Waals surface area contributed by atoms with Gasteiger partial charge in [0.05, 0.1) is 0 Å². The number of aromatic nitrogens is 1. The van der Waals surface area contributed by atoms with E-state index in [1.807, 2.05) is 24.3 Å². The zero-order chi connectivity index (χ0) is 14.7. The smallest absolute Gasteiger partial charge is 0.407 e. The predicted molar refractivity (Wildman–Crippen MR) is 81.5 cm³/mol. The first-order valence-electron chi connectivity index (χ1n) is 6.98. The largest absolute Gasteiger partial charge is 0.465 e. The van der Waals surface area contributed by atoms with E-state index in [0.717, 1.165) is 16.9 Å². The molecule has 1 aliphatic rings. The minimum atomic E-state index is -0.847. The SMILES string of the molecule is O=C(O)N1CCN(c2cc(-c3ccccc3)ccn2)CC1. The van der Waals surface area contributed by atoms with Crippen molar-refractivity contribution < 1.29 is 9.90 Å². The second-order valence-corrected chi connectivity index (χ2v) is 5.03. The van der Waals surface area contributed by atoms with Crippen molar-refractivity contribution in [1.82, 2.24) is 9.88 Å². The molecule has 1 N–H and O–H groups in total. The Morgan fingerprint density at radius 1 is 1.00 bits per heavy atom. The quantitative estimate of drug-likeness (QED) is 0.920. The van der Waals surface area contributed by atoms with Gasteiger partial charge in [-0.3, -0.25) is 0 Å². The number of anilines is 1. The van der Waals surface area contributed by atoms with Crippen LogP contribution in [0.15, 0.2) is 48.7 Å². The van der Waals surface area contributed by atoms with E-state index in [2.05, 4.69) is 28.1 Å². The highest BCUT2D eigenvalue weighted by atomic mass is 16.4. The Hall–Kier alpha value is -2.56. The molecule has 2 heterocycles. The maximum Gasteiger partial charge on any atom is 0.407 e. The zero-order valence-electron chi connectivity index (χ0n) is 11.6. The van der Waals surface area contributed by atoms with Gasteiger partial charge in [-0.15, -0.1) is 0 Å². The third kappa shape index (κ3) is 2.97. The molecule has 5 nitrogen and oxygen atoms in total. The third-order valence-electron chi connectivity index (χ3n) is 3.73. The lowest BCUT2D eigenvalue weighted by Gasteiger charge is -2.33. The number of pyridine rings is 1. The summed E-state index contributed by atoms with van der Waals surface area (Å²) in [6.45, 7) is 2.40. The van der Waals surface area contributed by atoms with Gasteiger partial charge in [-0.1, -0.05) is 30.3 Å². The van der Waals surface area contributed by atoms with Crippen LogP contribution in [0.1, 0.15) is 0 Å². The lowest BCUT2D eigenvalue weighted by atomic mass is 10.1. The maximum atomic E-state index is 10.9. The average Bonchev–Trinajstić information content (AvgIpc) is 2.56. The second-order valence-electron chi connectivity index (χ2n) is 5.03. The van der Waals surface area contributed by atoms with Crippen LogP contribution >= 0.6 is 0 Å². The molecule has 1 fully saturated rings. The maximum absolute atomic E-state index is 10.9. The third-order valence-corrected chi connectivity index (χ3v) is 3.73. The average molecular weight is 283 g/mol. The molecule has 0 radical (unpaired) electrons. The first-order valence-corrected chi connectivity index (χ1v) is 6.98. The van der Waals surface area contributed by atoms with Gasteiger partial charge in [0.15, 0.2) is 0 Å². The van der Waals surface area contributed by atoms with Crippen molar-refractivity contribution in [2.24, 2.45) is 0 Å². The van der Waals surface area contributed by atoms with Crippen molar-refractivity contribution in [3.63, 3.8) is 0 Å². The van der Waals surface area contributed by atoms with Crippen LogP contribution in [-0.2, 0) is 0 Å². The van der Waals surface area contributed by atoms with Crippen LogP contribution in [0.25, 0.3) is 11.1 Å². The molecule has 1 saturated heterocycles. The van der Waals surface area contributed by atoms with E-state index in [1.165, 1.54) is 4.90 Å². The first-order chi connectivity index (χ1) is 10.2. The van der Waals surface area contributed by atoms with E-state index in [-0.39, 0.29) is 0 Å². The number of carbonyl (C=O) groups is 1. The summed E-state index contributed by atoms with van der Waals surface area (Å²) >= 11 is 0. The van der Waals surface area contributed by atoms with Crippen LogP contribution in [0, 0.1) is 0 Å². The standard InChI is InChI=1S/C16H17N3O2/c20-16(21)19-10-8-18(9-11-19)15-12-14(6-7-17-15)13-4-2-1-3-5-13/h1-7,12H,8-11H2,(H,20,21). The summed E-state index contributed by atoms with van der Waals surface area (Å²) in [7, 11) is 0. The molecular weight excluding hydrogens is 266 g/mol. The molecule has 1 aliphatic heterocycles. The molecule has 0 atom stereocenters. The van der Waals surface area contributed by atoms with E-state index in [4.69, 9.17) is 5.11 Å². The van der Waals surface area contributed by atoms with E-state index >= 15 is 0 Å². The Morgan fingerprint density at radius 2 is 1.71 bits per heavy atom. The van der Waals surface area contributed by atoms with Crippen LogP contribution in [0.3, 0.4) is 0 Å². The van der Waals surface area contributed by atoms with Gasteiger partial charge in [-0.25, -0.2) is 9.78 Å². The summed E-state index contributed by atoms with van der Waals surface area (Å²) in [5, 5.41) is 8.98. The Labute approximate surface area is 123 Å². The number of piperazine rings is 1. The van der Waals surface area contributed by atoms with Gasteiger partial charge >= 0.3 is 6.09 Å². The summed E-state index contributed by atoms with van der Waals surface area (Å²) in [5.74, 6) is 0.904. The van der Waals surface area contributed by atoms with Crippen molar-refractivity contribution in [2.45, 2.75) is 0 Å².